The van der Waals surface area contributed by atoms with Crippen LogP contribution in [0.4, 0.5) is 0 Å². The summed E-state index contributed by atoms with van der Waals surface area (Å²) in [5.41, 5.74) is 1.02. The fourth-order valence-corrected chi connectivity index (χ4v) is 4.10. The molecule has 0 aliphatic rings. The van der Waals surface area contributed by atoms with E-state index in [4.69, 9.17) is 16.0 Å². The molecule has 0 atom stereocenters. The summed E-state index contributed by atoms with van der Waals surface area (Å²) in [5.74, 6) is 0.467. The van der Waals surface area contributed by atoms with E-state index in [1.807, 2.05) is 0 Å². The van der Waals surface area contributed by atoms with Crippen molar-refractivity contribution in [2.24, 2.45) is 0 Å². The Morgan fingerprint density at radius 3 is 2.14 bits per heavy atom. The minimum Gasteiger partial charge on any atom is -0.521 e. The molecule has 0 aliphatic heterocycles. The summed E-state index contributed by atoms with van der Waals surface area (Å²) >= 11 is 5.51. The summed E-state index contributed by atoms with van der Waals surface area (Å²) < 4.78 is 5.52. The number of halogens is 1. The molecular formula is C10H21ClO2Si. The standard InChI is InChI=1S/C10H21ClO2Si/c1-8(2)14(9(3)4)13-10(12)6-5-7-11/h8-9,14H,5-7H2,1-4H3. The molecular weight excluding hydrogens is 216 g/mol. The molecule has 0 aromatic rings. The number of alkyl halides is 1. The zero-order valence-electron chi connectivity index (χ0n) is 9.55. The third-order valence-corrected chi connectivity index (χ3v) is 5.53. The van der Waals surface area contributed by atoms with Gasteiger partial charge >= 0.3 is 0 Å². The Bertz CT molecular complexity index is 164. The van der Waals surface area contributed by atoms with Crippen LogP contribution in [0.5, 0.6) is 0 Å². The first-order chi connectivity index (χ1) is 6.49. The lowest BCUT2D eigenvalue weighted by atomic mass is 10.3. The lowest BCUT2D eigenvalue weighted by Crippen LogP contribution is -2.28. The molecule has 0 heterocycles. The second-order valence-corrected chi connectivity index (χ2v) is 8.44. The molecule has 0 aromatic heterocycles. The first kappa shape index (κ1) is 14.0. The number of carbonyl (C=O) groups is 1. The van der Waals surface area contributed by atoms with Crippen molar-refractivity contribution in [3.05, 3.63) is 0 Å². The van der Waals surface area contributed by atoms with Gasteiger partial charge in [0.1, 0.15) is 0 Å². The van der Waals surface area contributed by atoms with Crippen LogP contribution in [0.3, 0.4) is 0 Å². The minimum atomic E-state index is -1.37. The molecule has 0 bridgehead atoms. The Hall–Kier alpha value is -0.0231. The van der Waals surface area contributed by atoms with Gasteiger partial charge < -0.3 is 4.43 Å². The maximum atomic E-state index is 11.4. The molecule has 0 spiro atoms. The second kappa shape index (κ2) is 7.29. The van der Waals surface area contributed by atoms with Gasteiger partial charge in [-0.15, -0.1) is 11.6 Å². The fraction of sp³-hybridized carbons (Fsp3) is 0.900. The highest BCUT2D eigenvalue weighted by molar-refractivity contribution is 6.56. The van der Waals surface area contributed by atoms with Gasteiger partial charge in [0.2, 0.25) is 9.04 Å². The van der Waals surface area contributed by atoms with Crippen LogP contribution in [0.1, 0.15) is 40.5 Å². The first-order valence-electron chi connectivity index (χ1n) is 5.24. The Labute approximate surface area is 93.7 Å². The van der Waals surface area contributed by atoms with E-state index in [1.165, 1.54) is 0 Å². The van der Waals surface area contributed by atoms with Crippen LogP contribution in [0.25, 0.3) is 0 Å². The average molecular weight is 237 g/mol. The molecule has 0 saturated heterocycles. The summed E-state index contributed by atoms with van der Waals surface area (Å²) in [4.78, 5) is 11.4. The Morgan fingerprint density at radius 2 is 1.79 bits per heavy atom. The first-order valence-corrected chi connectivity index (χ1v) is 7.58. The summed E-state index contributed by atoms with van der Waals surface area (Å²) in [6.45, 7) is 8.52. The average Bonchev–Trinajstić information content (AvgIpc) is 2.09. The monoisotopic (exact) mass is 236 g/mol. The normalized spacial score (nSPS) is 11.4. The zero-order valence-corrected chi connectivity index (χ0v) is 11.5. The third-order valence-electron chi connectivity index (χ3n) is 2.10. The van der Waals surface area contributed by atoms with E-state index in [-0.39, 0.29) is 5.97 Å². The highest BCUT2D eigenvalue weighted by Crippen LogP contribution is 2.21. The maximum absolute atomic E-state index is 11.4. The summed E-state index contributed by atoms with van der Waals surface area (Å²) in [6, 6.07) is 0. The van der Waals surface area contributed by atoms with Gasteiger partial charge in [-0.25, -0.2) is 0 Å². The highest BCUT2D eigenvalue weighted by Gasteiger charge is 2.24. The van der Waals surface area contributed by atoms with Crippen molar-refractivity contribution in [2.45, 2.75) is 51.6 Å². The molecule has 0 unspecified atom stereocenters. The number of rotatable bonds is 6. The molecule has 14 heavy (non-hydrogen) atoms. The predicted octanol–water partition coefficient (Wildman–Crippen LogP) is 3.09. The van der Waals surface area contributed by atoms with Gasteiger partial charge in [-0.3, -0.25) is 4.79 Å². The smallest absolute Gasteiger partial charge is 0.292 e. The van der Waals surface area contributed by atoms with Gasteiger partial charge in [-0.05, 0) is 17.5 Å². The van der Waals surface area contributed by atoms with Crippen molar-refractivity contribution in [1.29, 1.82) is 0 Å². The largest absolute Gasteiger partial charge is 0.521 e. The second-order valence-electron chi connectivity index (χ2n) is 4.24. The molecule has 2 nitrogen and oxygen atoms in total. The van der Waals surface area contributed by atoms with Gasteiger partial charge in [0, 0.05) is 12.3 Å². The number of hydrogen-bond donors (Lipinski definition) is 0. The molecule has 0 aromatic carbocycles. The third kappa shape index (κ3) is 5.65. The van der Waals surface area contributed by atoms with Crippen LogP contribution >= 0.6 is 11.6 Å². The SMILES string of the molecule is CC(C)[SiH](OC(=O)CCCCl)C(C)C. The number of hydrogen-bond acceptors (Lipinski definition) is 2. The van der Waals surface area contributed by atoms with Crippen molar-refractivity contribution >= 4 is 26.6 Å². The summed E-state index contributed by atoms with van der Waals surface area (Å²) in [6.07, 6.45) is 1.18. The molecule has 0 N–H and O–H groups in total. The van der Waals surface area contributed by atoms with E-state index in [0.717, 1.165) is 6.42 Å². The Balaban J connectivity index is 3.97. The van der Waals surface area contributed by atoms with Crippen molar-refractivity contribution < 1.29 is 9.22 Å². The highest BCUT2D eigenvalue weighted by atomic mass is 35.5. The van der Waals surface area contributed by atoms with Crippen LogP contribution in [-0.2, 0) is 9.22 Å². The molecule has 0 aliphatic carbocycles. The van der Waals surface area contributed by atoms with Crippen LogP contribution < -0.4 is 0 Å². The van der Waals surface area contributed by atoms with Gasteiger partial charge in [0.25, 0.3) is 5.97 Å². The minimum absolute atomic E-state index is 0.0651. The molecule has 0 saturated carbocycles. The van der Waals surface area contributed by atoms with Gasteiger partial charge in [0.05, 0.1) is 0 Å². The lowest BCUT2D eigenvalue weighted by Gasteiger charge is -2.22. The molecule has 0 amide bonds. The maximum Gasteiger partial charge on any atom is 0.292 e. The lowest BCUT2D eigenvalue weighted by molar-refractivity contribution is -0.135. The van der Waals surface area contributed by atoms with Gasteiger partial charge in [-0.2, -0.15) is 0 Å². The summed E-state index contributed by atoms with van der Waals surface area (Å²) in [5, 5.41) is 0. The fourth-order valence-electron chi connectivity index (χ4n) is 1.46. The topological polar surface area (TPSA) is 26.3 Å². The van der Waals surface area contributed by atoms with E-state index in [9.17, 15) is 4.79 Å². The van der Waals surface area contributed by atoms with Crippen molar-refractivity contribution in [3.63, 3.8) is 0 Å². The summed E-state index contributed by atoms with van der Waals surface area (Å²) in [7, 11) is -1.37. The Morgan fingerprint density at radius 1 is 1.29 bits per heavy atom. The van der Waals surface area contributed by atoms with Crippen LogP contribution in [0.2, 0.25) is 11.1 Å². The molecule has 0 radical (unpaired) electrons. The molecule has 4 heteroatoms. The van der Waals surface area contributed by atoms with Crippen LogP contribution in [0, 0.1) is 0 Å². The Kier molecular flexibility index (Phi) is 7.28. The van der Waals surface area contributed by atoms with E-state index >= 15 is 0 Å². The van der Waals surface area contributed by atoms with Crippen molar-refractivity contribution in [3.8, 4) is 0 Å². The molecule has 0 fully saturated rings. The van der Waals surface area contributed by atoms with E-state index in [1.54, 1.807) is 0 Å². The predicted molar refractivity (Wildman–Crippen MR) is 63.4 cm³/mol. The quantitative estimate of drug-likeness (QED) is 0.523. The van der Waals surface area contributed by atoms with E-state index in [0.29, 0.717) is 23.4 Å². The molecule has 84 valence electrons. The van der Waals surface area contributed by atoms with Gasteiger partial charge in [0.15, 0.2) is 0 Å². The van der Waals surface area contributed by atoms with Crippen molar-refractivity contribution in [1.82, 2.24) is 0 Å². The van der Waals surface area contributed by atoms with E-state index < -0.39 is 9.04 Å². The van der Waals surface area contributed by atoms with Gasteiger partial charge in [-0.1, -0.05) is 27.7 Å². The number of carbonyl (C=O) groups excluding carboxylic acids is 1. The van der Waals surface area contributed by atoms with Crippen molar-refractivity contribution in [2.75, 3.05) is 5.88 Å². The van der Waals surface area contributed by atoms with Crippen LogP contribution in [-0.4, -0.2) is 20.9 Å². The van der Waals surface area contributed by atoms with E-state index in [2.05, 4.69) is 27.7 Å². The molecule has 0 rings (SSSR count). The van der Waals surface area contributed by atoms with Crippen LogP contribution in [0.15, 0.2) is 0 Å². The zero-order chi connectivity index (χ0) is 11.1.